The van der Waals surface area contributed by atoms with Gasteiger partial charge in [-0.05, 0) is 6.42 Å². The summed E-state index contributed by atoms with van der Waals surface area (Å²) in [5.74, 6) is 0. The Kier molecular flexibility index (Phi) is 13.8. The number of aliphatic hydroxyl groups is 1. The molecule has 0 aromatic heterocycles. The number of rotatable bonds is 18. The maximum atomic E-state index is 9.11. The third-order valence-corrected chi connectivity index (χ3v) is 4.91. The van der Waals surface area contributed by atoms with Crippen LogP contribution >= 0.6 is 0 Å². The summed E-state index contributed by atoms with van der Waals surface area (Å²) in [6.45, 7) is 2.67. The van der Waals surface area contributed by atoms with Crippen molar-refractivity contribution < 1.29 is 19.3 Å². The summed E-state index contributed by atoms with van der Waals surface area (Å²) in [7, 11) is 1.64. The molecular weight excluding hydrogens is 304 g/mol. The molecule has 1 aliphatic heterocycles. The maximum Gasteiger partial charge on any atom is 0.146 e. The fourth-order valence-corrected chi connectivity index (χ4v) is 3.31. The van der Waals surface area contributed by atoms with Crippen LogP contribution in [0.4, 0.5) is 0 Å². The molecule has 1 N–H and O–H groups in total. The van der Waals surface area contributed by atoms with Crippen LogP contribution in [0.1, 0.15) is 90.4 Å². The first-order valence-electron chi connectivity index (χ1n) is 10.2. The van der Waals surface area contributed by atoms with Crippen LogP contribution in [-0.2, 0) is 14.2 Å². The second-order valence-electron chi connectivity index (χ2n) is 7.11. The minimum absolute atomic E-state index is 0.0239. The van der Waals surface area contributed by atoms with Crippen LogP contribution in [0, 0.1) is 0 Å². The molecule has 1 rings (SSSR count). The average Bonchev–Trinajstić information content (AvgIpc) is 3.38. The lowest BCUT2D eigenvalue weighted by Gasteiger charge is -2.15. The fraction of sp³-hybridized carbons (Fsp3) is 1.00. The Morgan fingerprint density at radius 1 is 0.875 bits per heavy atom. The van der Waals surface area contributed by atoms with E-state index in [9.17, 15) is 0 Å². The first kappa shape index (κ1) is 21.9. The molecule has 1 saturated heterocycles. The standard InChI is InChI=1S/C20H40O4/c1-3-4-5-6-7-8-9-10-11-12-13-14-15-18(23-17-22-2)20-19(16-21)24-20/h18-21H,3-17H2,1-2H3/t18-,19+,20-/m0/s1. The predicted octanol–water partition coefficient (Wildman–Crippen LogP) is 4.83. The van der Waals surface area contributed by atoms with E-state index in [4.69, 9.17) is 19.3 Å². The average molecular weight is 345 g/mol. The number of unbranched alkanes of at least 4 members (excludes halogenated alkanes) is 11. The van der Waals surface area contributed by atoms with E-state index < -0.39 is 0 Å². The van der Waals surface area contributed by atoms with E-state index in [2.05, 4.69) is 6.92 Å². The smallest absolute Gasteiger partial charge is 0.146 e. The molecule has 0 radical (unpaired) electrons. The van der Waals surface area contributed by atoms with Gasteiger partial charge in [-0.3, -0.25) is 0 Å². The van der Waals surface area contributed by atoms with Gasteiger partial charge in [-0.1, -0.05) is 84.0 Å². The zero-order valence-electron chi connectivity index (χ0n) is 16.0. The molecule has 3 atom stereocenters. The van der Waals surface area contributed by atoms with Gasteiger partial charge in [0, 0.05) is 7.11 Å². The quantitative estimate of drug-likeness (QED) is 0.220. The number of hydrogen-bond donors (Lipinski definition) is 1. The topological polar surface area (TPSA) is 51.2 Å². The van der Waals surface area contributed by atoms with Crippen LogP contribution < -0.4 is 0 Å². The van der Waals surface area contributed by atoms with E-state index in [0.29, 0.717) is 6.79 Å². The normalized spacial score (nSPS) is 21.1. The van der Waals surface area contributed by atoms with Gasteiger partial charge < -0.3 is 19.3 Å². The zero-order valence-corrected chi connectivity index (χ0v) is 16.0. The Balaban J connectivity index is 1.89. The monoisotopic (exact) mass is 344 g/mol. The Bertz CT molecular complexity index is 272. The molecule has 1 fully saturated rings. The summed E-state index contributed by atoms with van der Waals surface area (Å²) in [5, 5.41) is 9.11. The van der Waals surface area contributed by atoms with Gasteiger partial charge in [-0.15, -0.1) is 0 Å². The van der Waals surface area contributed by atoms with Gasteiger partial charge in [0.25, 0.3) is 0 Å². The van der Waals surface area contributed by atoms with Gasteiger partial charge in [0.1, 0.15) is 19.0 Å². The number of epoxide rings is 1. The van der Waals surface area contributed by atoms with Gasteiger partial charge in [0.15, 0.2) is 0 Å². The van der Waals surface area contributed by atoms with E-state index in [1.165, 1.54) is 77.0 Å². The summed E-state index contributed by atoms with van der Waals surface area (Å²) in [4.78, 5) is 0. The van der Waals surface area contributed by atoms with Crippen molar-refractivity contribution in [3.63, 3.8) is 0 Å². The Labute approximate surface area is 149 Å². The second-order valence-corrected chi connectivity index (χ2v) is 7.11. The highest BCUT2D eigenvalue weighted by Gasteiger charge is 2.44. The van der Waals surface area contributed by atoms with Crippen LogP contribution in [0.2, 0.25) is 0 Å². The highest BCUT2D eigenvalue weighted by molar-refractivity contribution is 4.91. The molecular formula is C20H40O4. The van der Waals surface area contributed by atoms with Crippen LogP contribution in [-0.4, -0.2) is 43.9 Å². The van der Waals surface area contributed by atoms with Crippen LogP contribution in [0.25, 0.3) is 0 Å². The predicted molar refractivity (Wildman–Crippen MR) is 98.2 cm³/mol. The summed E-state index contributed by atoms with van der Waals surface area (Å²) in [5.41, 5.74) is 0. The lowest BCUT2D eigenvalue weighted by Crippen LogP contribution is -2.23. The zero-order chi connectivity index (χ0) is 17.5. The van der Waals surface area contributed by atoms with E-state index in [-0.39, 0.29) is 24.9 Å². The third-order valence-electron chi connectivity index (χ3n) is 4.91. The largest absolute Gasteiger partial charge is 0.394 e. The number of ether oxygens (including phenoxy) is 3. The Hall–Kier alpha value is -0.160. The minimum atomic E-state index is -0.0239. The first-order chi connectivity index (χ1) is 11.8. The van der Waals surface area contributed by atoms with E-state index in [1.807, 2.05) is 0 Å². The maximum absolute atomic E-state index is 9.11. The second kappa shape index (κ2) is 15.1. The highest BCUT2D eigenvalue weighted by atomic mass is 16.7. The third kappa shape index (κ3) is 10.7. The molecule has 0 aliphatic carbocycles. The van der Waals surface area contributed by atoms with Crippen molar-refractivity contribution in [2.45, 2.75) is 109 Å². The van der Waals surface area contributed by atoms with E-state index in [0.717, 1.165) is 6.42 Å². The molecule has 24 heavy (non-hydrogen) atoms. The van der Waals surface area contributed by atoms with Crippen molar-refractivity contribution in [2.24, 2.45) is 0 Å². The molecule has 0 saturated carbocycles. The molecule has 0 aromatic rings. The SMILES string of the molecule is CCCCCCCCCCCCCC[C@H](OCOC)[C@@H]1O[C@@H]1CO. The summed E-state index contributed by atoms with van der Waals surface area (Å²) in [6, 6.07) is 0. The van der Waals surface area contributed by atoms with E-state index >= 15 is 0 Å². The molecule has 4 nitrogen and oxygen atoms in total. The fourth-order valence-electron chi connectivity index (χ4n) is 3.31. The molecule has 4 heteroatoms. The van der Waals surface area contributed by atoms with Gasteiger partial charge in [0.05, 0.1) is 12.7 Å². The molecule has 0 amide bonds. The van der Waals surface area contributed by atoms with Crippen LogP contribution in [0.5, 0.6) is 0 Å². The number of methoxy groups -OCH3 is 1. The van der Waals surface area contributed by atoms with Crippen LogP contribution in [0.3, 0.4) is 0 Å². The summed E-state index contributed by atoms with van der Waals surface area (Å²) < 4.78 is 16.1. The molecule has 1 heterocycles. The first-order valence-corrected chi connectivity index (χ1v) is 10.2. The summed E-state index contributed by atoms with van der Waals surface area (Å²) in [6.07, 6.45) is 17.4. The molecule has 0 unspecified atom stereocenters. The van der Waals surface area contributed by atoms with Gasteiger partial charge in [-0.2, -0.15) is 0 Å². The molecule has 0 bridgehead atoms. The van der Waals surface area contributed by atoms with Gasteiger partial charge in [0.2, 0.25) is 0 Å². The molecule has 144 valence electrons. The van der Waals surface area contributed by atoms with Crippen molar-refractivity contribution >= 4 is 0 Å². The Morgan fingerprint density at radius 3 is 1.88 bits per heavy atom. The summed E-state index contributed by atoms with van der Waals surface area (Å²) >= 11 is 0. The van der Waals surface area contributed by atoms with Crippen molar-refractivity contribution in [1.29, 1.82) is 0 Å². The molecule has 1 aliphatic rings. The Morgan fingerprint density at radius 2 is 1.42 bits per heavy atom. The van der Waals surface area contributed by atoms with Crippen molar-refractivity contribution in [1.82, 2.24) is 0 Å². The number of hydrogen-bond acceptors (Lipinski definition) is 4. The van der Waals surface area contributed by atoms with Crippen molar-refractivity contribution in [2.75, 3.05) is 20.5 Å². The molecule has 0 aromatic carbocycles. The van der Waals surface area contributed by atoms with Gasteiger partial charge in [-0.25, -0.2) is 0 Å². The molecule has 0 spiro atoms. The van der Waals surface area contributed by atoms with Crippen molar-refractivity contribution in [3.05, 3.63) is 0 Å². The van der Waals surface area contributed by atoms with Gasteiger partial charge >= 0.3 is 0 Å². The van der Waals surface area contributed by atoms with Crippen molar-refractivity contribution in [3.8, 4) is 0 Å². The van der Waals surface area contributed by atoms with E-state index in [1.54, 1.807) is 7.11 Å². The number of aliphatic hydroxyl groups excluding tert-OH is 1. The minimum Gasteiger partial charge on any atom is -0.394 e. The highest BCUT2D eigenvalue weighted by Crippen LogP contribution is 2.29. The lowest BCUT2D eigenvalue weighted by atomic mass is 10.0. The lowest BCUT2D eigenvalue weighted by molar-refractivity contribution is -0.0825. The van der Waals surface area contributed by atoms with Crippen LogP contribution in [0.15, 0.2) is 0 Å².